The number of carbonyl (C=O) groups excluding carboxylic acids is 2. The Morgan fingerprint density at radius 1 is 0.967 bits per heavy atom. The number of aromatic nitrogens is 2. The molecule has 3 aromatic rings. The van der Waals surface area contributed by atoms with Crippen molar-refractivity contribution in [2.75, 3.05) is 13.2 Å². The SMILES string of the molecule is Cc1nn(Cc2ccccc2)c(C)c1C(=O)OCC(=O)NCCCc1ccccc1. The molecule has 0 spiro atoms. The minimum atomic E-state index is -0.524. The number of nitrogens with one attached hydrogen (secondary N) is 1. The standard InChI is InChI=1S/C24H27N3O3/c1-18-23(19(2)27(26-18)16-21-12-7-4-8-13-21)24(29)30-17-22(28)25-15-9-14-20-10-5-3-6-11-20/h3-8,10-13H,9,14-17H2,1-2H3,(H,25,28). The molecule has 3 rings (SSSR count). The van der Waals surface area contributed by atoms with Gasteiger partial charge in [-0.3, -0.25) is 9.48 Å². The second-order valence-corrected chi connectivity index (χ2v) is 7.20. The minimum absolute atomic E-state index is 0.299. The van der Waals surface area contributed by atoms with Gasteiger partial charge in [-0.1, -0.05) is 60.7 Å². The third-order valence-corrected chi connectivity index (χ3v) is 4.90. The first-order valence-corrected chi connectivity index (χ1v) is 10.1. The van der Waals surface area contributed by atoms with Crippen LogP contribution in [0.15, 0.2) is 60.7 Å². The Hall–Kier alpha value is -3.41. The third-order valence-electron chi connectivity index (χ3n) is 4.90. The van der Waals surface area contributed by atoms with E-state index in [0.717, 1.165) is 24.1 Å². The van der Waals surface area contributed by atoms with Gasteiger partial charge in [0.15, 0.2) is 6.61 Å². The van der Waals surface area contributed by atoms with Crippen LogP contribution >= 0.6 is 0 Å². The van der Waals surface area contributed by atoms with Gasteiger partial charge in [0, 0.05) is 6.54 Å². The number of benzene rings is 2. The van der Waals surface area contributed by atoms with E-state index in [1.807, 2.05) is 55.5 Å². The minimum Gasteiger partial charge on any atom is -0.452 e. The van der Waals surface area contributed by atoms with Gasteiger partial charge in [-0.05, 0) is 37.8 Å². The Balaban J connectivity index is 1.46. The highest BCUT2D eigenvalue weighted by Gasteiger charge is 2.21. The molecule has 0 fully saturated rings. The van der Waals surface area contributed by atoms with E-state index in [4.69, 9.17) is 4.74 Å². The maximum atomic E-state index is 12.5. The lowest BCUT2D eigenvalue weighted by Crippen LogP contribution is -2.30. The molecule has 0 saturated heterocycles. The number of rotatable bonds is 9. The number of hydrogen-bond acceptors (Lipinski definition) is 4. The van der Waals surface area contributed by atoms with Crippen molar-refractivity contribution in [2.24, 2.45) is 0 Å². The molecule has 156 valence electrons. The van der Waals surface area contributed by atoms with Crippen molar-refractivity contribution in [3.05, 3.63) is 88.7 Å². The molecule has 0 atom stereocenters. The summed E-state index contributed by atoms with van der Waals surface area (Å²) >= 11 is 0. The smallest absolute Gasteiger partial charge is 0.342 e. The molecular formula is C24H27N3O3. The van der Waals surface area contributed by atoms with Crippen LogP contribution in [0, 0.1) is 13.8 Å². The molecule has 0 unspecified atom stereocenters. The number of esters is 1. The topological polar surface area (TPSA) is 73.2 Å². The highest BCUT2D eigenvalue weighted by Crippen LogP contribution is 2.16. The van der Waals surface area contributed by atoms with Gasteiger partial charge >= 0.3 is 5.97 Å². The Bertz CT molecular complexity index is 982. The van der Waals surface area contributed by atoms with Gasteiger partial charge in [-0.2, -0.15) is 5.10 Å². The van der Waals surface area contributed by atoms with E-state index in [9.17, 15) is 9.59 Å². The molecular weight excluding hydrogens is 378 g/mol. The largest absolute Gasteiger partial charge is 0.452 e. The monoisotopic (exact) mass is 405 g/mol. The number of carbonyl (C=O) groups is 2. The molecule has 1 N–H and O–H groups in total. The first-order valence-electron chi connectivity index (χ1n) is 10.1. The van der Waals surface area contributed by atoms with E-state index < -0.39 is 5.97 Å². The molecule has 0 bridgehead atoms. The maximum Gasteiger partial charge on any atom is 0.342 e. The van der Waals surface area contributed by atoms with E-state index >= 15 is 0 Å². The number of hydrogen-bond donors (Lipinski definition) is 1. The molecule has 1 heterocycles. The van der Waals surface area contributed by atoms with Crippen molar-refractivity contribution >= 4 is 11.9 Å². The number of aryl methyl sites for hydroxylation is 2. The summed E-state index contributed by atoms with van der Waals surface area (Å²) in [5.74, 6) is -0.827. The van der Waals surface area contributed by atoms with Crippen LogP contribution in [-0.4, -0.2) is 34.8 Å². The zero-order valence-electron chi connectivity index (χ0n) is 17.4. The summed E-state index contributed by atoms with van der Waals surface area (Å²) in [6.45, 7) is 4.42. The fourth-order valence-electron chi connectivity index (χ4n) is 3.32. The molecule has 0 aliphatic rings. The van der Waals surface area contributed by atoms with Crippen molar-refractivity contribution in [1.82, 2.24) is 15.1 Å². The van der Waals surface area contributed by atoms with Gasteiger partial charge in [-0.15, -0.1) is 0 Å². The van der Waals surface area contributed by atoms with Crippen molar-refractivity contribution in [3.8, 4) is 0 Å². The van der Waals surface area contributed by atoms with Crippen molar-refractivity contribution in [3.63, 3.8) is 0 Å². The summed E-state index contributed by atoms with van der Waals surface area (Å²) in [5, 5.41) is 7.25. The number of amides is 1. The third kappa shape index (κ3) is 5.80. The van der Waals surface area contributed by atoms with E-state index in [2.05, 4.69) is 22.5 Å². The van der Waals surface area contributed by atoms with Gasteiger partial charge in [0.25, 0.3) is 5.91 Å². The van der Waals surface area contributed by atoms with Gasteiger partial charge in [-0.25, -0.2) is 4.79 Å². The van der Waals surface area contributed by atoms with Gasteiger partial charge in [0.1, 0.15) is 5.56 Å². The van der Waals surface area contributed by atoms with Crippen LogP contribution in [-0.2, 0) is 22.5 Å². The second-order valence-electron chi connectivity index (χ2n) is 7.20. The maximum absolute atomic E-state index is 12.5. The van der Waals surface area contributed by atoms with Crippen LogP contribution in [0.5, 0.6) is 0 Å². The van der Waals surface area contributed by atoms with Crippen molar-refractivity contribution in [2.45, 2.75) is 33.2 Å². The van der Waals surface area contributed by atoms with Crippen molar-refractivity contribution < 1.29 is 14.3 Å². The van der Waals surface area contributed by atoms with Gasteiger partial charge < -0.3 is 10.1 Å². The summed E-state index contributed by atoms with van der Waals surface area (Å²) in [7, 11) is 0. The Kier molecular flexibility index (Phi) is 7.38. The van der Waals surface area contributed by atoms with Crippen molar-refractivity contribution in [1.29, 1.82) is 0 Å². The summed E-state index contributed by atoms with van der Waals surface area (Å²) in [5.41, 5.74) is 4.07. The summed E-state index contributed by atoms with van der Waals surface area (Å²) in [4.78, 5) is 24.5. The van der Waals surface area contributed by atoms with Crippen LogP contribution in [0.3, 0.4) is 0 Å². The quantitative estimate of drug-likeness (QED) is 0.437. The first-order chi connectivity index (χ1) is 14.5. The lowest BCUT2D eigenvalue weighted by Gasteiger charge is -2.08. The molecule has 0 aliphatic heterocycles. The summed E-state index contributed by atoms with van der Waals surface area (Å²) < 4.78 is 7.01. The lowest BCUT2D eigenvalue weighted by molar-refractivity contribution is -0.124. The average molecular weight is 405 g/mol. The predicted octanol–water partition coefficient (Wildman–Crippen LogP) is 3.45. The molecule has 0 radical (unpaired) electrons. The molecule has 30 heavy (non-hydrogen) atoms. The van der Waals surface area contributed by atoms with Crippen LogP contribution in [0.4, 0.5) is 0 Å². The van der Waals surface area contributed by atoms with Gasteiger partial charge in [0.05, 0.1) is 17.9 Å². The molecule has 1 amide bonds. The second kappa shape index (κ2) is 10.4. The van der Waals surface area contributed by atoms with E-state index in [1.165, 1.54) is 5.56 Å². The molecule has 2 aromatic carbocycles. The lowest BCUT2D eigenvalue weighted by atomic mass is 10.1. The first kappa shape index (κ1) is 21.3. The molecule has 6 nitrogen and oxygen atoms in total. The summed E-state index contributed by atoms with van der Waals surface area (Å²) in [6, 6.07) is 20.0. The van der Waals surface area contributed by atoms with Crippen LogP contribution in [0.25, 0.3) is 0 Å². The Morgan fingerprint density at radius 3 is 2.27 bits per heavy atom. The van der Waals surface area contributed by atoms with Crippen LogP contribution in [0.2, 0.25) is 0 Å². The highest BCUT2D eigenvalue weighted by atomic mass is 16.5. The molecule has 0 aliphatic carbocycles. The van der Waals surface area contributed by atoms with Crippen LogP contribution in [0.1, 0.15) is 39.3 Å². The van der Waals surface area contributed by atoms with Crippen LogP contribution < -0.4 is 5.32 Å². The van der Waals surface area contributed by atoms with E-state index in [1.54, 1.807) is 11.6 Å². The zero-order valence-corrected chi connectivity index (χ0v) is 17.4. The average Bonchev–Trinajstić information content (AvgIpc) is 3.04. The zero-order chi connectivity index (χ0) is 21.3. The molecule has 1 aromatic heterocycles. The fourth-order valence-corrected chi connectivity index (χ4v) is 3.32. The predicted molar refractivity (Wildman–Crippen MR) is 115 cm³/mol. The Labute approximate surface area is 176 Å². The fraction of sp³-hybridized carbons (Fsp3) is 0.292. The number of nitrogens with zero attached hydrogens (tertiary/aromatic N) is 2. The number of ether oxygens (including phenoxy) is 1. The normalized spacial score (nSPS) is 10.6. The highest BCUT2D eigenvalue weighted by molar-refractivity contribution is 5.93. The molecule has 6 heteroatoms. The Morgan fingerprint density at radius 2 is 1.60 bits per heavy atom. The van der Waals surface area contributed by atoms with E-state index in [0.29, 0.717) is 24.3 Å². The van der Waals surface area contributed by atoms with E-state index in [-0.39, 0.29) is 12.5 Å². The van der Waals surface area contributed by atoms with Gasteiger partial charge in [0.2, 0.25) is 0 Å². The summed E-state index contributed by atoms with van der Waals surface area (Å²) in [6.07, 6.45) is 1.72. The molecule has 0 saturated carbocycles.